The van der Waals surface area contributed by atoms with Gasteiger partial charge < -0.3 is 5.32 Å². The van der Waals surface area contributed by atoms with Gasteiger partial charge in [0.05, 0.1) is 0 Å². The highest BCUT2D eigenvalue weighted by Crippen LogP contribution is 2.04. The van der Waals surface area contributed by atoms with Gasteiger partial charge in [-0.3, -0.25) is 0 Å². The molecule has 0 unspecified atom stereocenters. The number of hydrogen-bond acceptors (Lipinski definition) is 3. The summed E-state index contributed by atoms with van der Waals surface area (Å²) in [5, 5.41) is 8.09. The third-order valence-electron chi connectivity index (χ3n) is 1.96. The summed E-state index contributed by atoms with van der Waals surface area (Å²) >= 11 is 0. The number of rotatable bonds is 7. The second-order valence-corrected chi connectivity index (χ2v) is 5.06. The minimum Gasteiger partial charge on any atom is -0.320 e. The van der Waals surface area contributed by atoms with Gasteiger partial charge in [-0.1, -0.05) is 0 Å². The molecule has 0 radical (unpaired) electrons. The summed E-state index contributed by atoms with van der Waals surface area (Å²) in [6, 6.07) is -0.0698. The Kier molecular flexibility index (Phi) is 6.26. The molecule has 3 N–H and O–H groups in total. The first-order valence-electron chi connectivity index (χ1n) is 4.83. The van der Waals surface area contributed by atoms with Crippen LogP contribution in [-0.2, 0) is 10.2 Å². The normalized spacial score (nSPS) is 12.7. The molecule has 0 fully saturated rings. The van der Waals surface area contributed by atoms with Crippen molar-refractivity contribution < 1.29 is 8.42 Å². The van der Waals surface area contributed by atoms with Gasteiger partial charge in [-0.15, -0.1) is 0 Å². The highest BCUT2D eigenvalue weighted by Gasteiger charge is 2.19. The Morgan fingerprint density at radius 3 is 2.29 bits per heavy atom. The Balaban J connectivity index is 4.01. The molecule has 0 rings (SSSR count). The van der Waals surface area contributed by atoms with Crippen LogP contribution in [0.1, 0.15) is 26.7 Å². The fraction of sp³-hybridized carbons (Fsp3) is 1.00. The molecule has 0 atom stereocenters. The van der Waals surface area contributed by atoms with E-state index in [1.54, 1.807) is 0 Å². The van der Waals surface area contributed by atoms with Crippen molar-refractivity contribution in [1.29, 1.82) is 0 Å². The fourth-order valence-electron chi connectivity index (χ4n) is 1.25. The third kappa shape index (κ3) is 5.54. The van der Waals surface area contributed by atoms with Crippen LogP contribution in [0.4, 0.5) is 0 Å². The van der Waals surface area contributed by atoms with E-state index >= 15 is 0 Å². The molecule has 0 heterocycles. The fourth-order valence-corrected chi connectivity index (χ4v) is 2.22. The molecule has 5 nitrogen and oxygen atoms in total. The van der Waals surface area contributed by atoms with Crippen LogP contribution in [0, 0.1) is 0 Å². The van der Waals surface area contributed by atoms with Gasteiger partial charge in [0.1, 0.15) is 0 Å². The molecule has 0 aliphatic rings. The average molecular weight is 223 g/mol. The van der Waals surface area contributed by atoms with Crippen LogP contribution >= 0.6 is 0 Å². The van der Waals surface area contributed by atoms with Crippen LogP contribution in [-0.4, -0.2) is 38.9 Å². The lowest BCUT2D eigenvalue weighted by molar-refractivity contribution is 0.346. The molecule has 0 aromatic carbocycles. The average Bonchev–Trinajstić information content (AvgIpc) is 2.01. The van der Waals surface area contributed by atoms with E-state index in [0.29, 0.717) is 6.54 Å². The second-order valence-electron chi connectivity index (χ2n) is 3.56. The van der Waals surface area contributed by atoms with Crippen molar-refractivity contribution in [1.82, 2.24) is 9.62 Å². The Morgan fingerprint density at radius 1 is 1.36 bits per heavy atom. The molecule has 86 valence electrons. The van der Waals surface area contributed by atoms with Crippen LogP contribution < -0.4 is 10.5 Å². The lowest BCUT2D eigenvalue weighted by Crippen LogP contribution is -2.42. The zero-order valence-electron chi connectivity index (χ0n) is 9.16. The molecular formula is C8H21N3O2S. The van der Waals surface area contributed by atoms with Crippen LogP contribution in [0.5, 0.6) is 0 Å². The van der Waals surface area contributed by atoms with Crippen molar-refractivity contribution >= 4 is 10.2 Å². The molecule has 0 spiro atoms. The predicted octanol–water partition coefficient (Wildman–Crippen LogP) is -0.100. The molecule has 6 heteroatoms. The quantitative estimate of drug-likeness (QED) is 0.592. The topological polar surface area (TPSA) is 75.4 Å². The first-order chi connectivity index (χ1) is 6.39. The highest BCUT2D eigenvalue weighted by atomic mass is 32.2. The molecular weight excluding hydrogens is 202 g/mol. The maximum atomic E-state index is 11.1. The largest absolute Gasteiger partial charge is 0.320 e. The summed E-state index contributed by atoms with van der Waals surface area (Å²) in [7, 11) is -1.66. The summed E-state index contributed by atoms with van der Waals surface area (Å²) in [5.74, 6) is 0. The van der Waals surface area contributed by atoms with E-state index in [-0.39, 0.29) is 6.04 Å². The van der Waals surface area contributed by atoms with Crippen LogP contribution in [0.2, 0.25) is 0 Å². The maximum absolute atomic E-state index is 11.1. The number of nitrogens with two attached hydrogens (primary N) is 1. The summed E-state index contributed by atoms with van der Waals surface area (Å²) in [4.78, 5) is 0. The van der Waals surface area contributed by atoms with Crippen LogP contribution in [0.15, 0.2) is 0 Å². The molecule has 0 saturated heterocycles. The summed E-state index contributed by atoms with van der Waals surface area (Å²) in [5.41, 5.74) is 0. The van der Waals surface area contributed by atoms with E-state index in [9.17, 15) is 8.42 Å². The van der Waals surface area contributed by atoms with Gasteiger partial charge in [-0.2, -0.15) is 12.7 Å². The number of hydrogen-bond donors (Lipinski definition) is 2. The van der Waals surface area contributed by atoms with E-state index in [4.69, 9.17) is 5.14 Å². The zero-order chi connectivity index (χ0) is 11.2. The minimum absolute atomic E-state index is 0.0698. The molecule has 0 saturated carbocycles. The van der Waals surface area contributed by atoms with Gasteiger partial charge in [0.15, 0.2) is 0 Å². The lowest BCUT2D eigenvalue weighted by atomic mass is 10.3. The van der Waals surface area contributed by atoms with E-state index < -0.39 is 10.2 Å². The van der Waals surface area contributed by atoms with Crippen molar-refractivity contribution in [3.8, 4) is 0 Å². The predicted molar refractivity (Wildman–Crippen MR) is 58.1 cm³/mol. The van der Waals surface area contributed by atoms with Gasteiger partial charge in [-0.05, 0) is 40.3 Å². The summed E-state index contributed by atoms with van der Waals surface area (Å²) in [6.07, 6.45) is 1.78. The number of nitrogens with one attached hydrogen (secondary N) is 1. The zero-order valence-corrected chi connectivity index (χ0v) is 9.97. The minimum atomic E-state index is -3.54. The van der Waals surface area contributed by atoms with Crippen molar-refractivity contribution in [2.24, 2.45) is 5.14 Å². The van der Waals surface area contributed by atoms with Crippen molar-refractivity contribution in [3.63, 3.8) is 0 Å². The molecule has 0 bridgehead atoms. The SMILES string of the molecule is CNCCCCN(C(C)C)S(N)(=O)=O. The summed E-state index contributed by atoms with van der Waals surface area (Å²) < 4.78 is 23.6. The summed E-state index contributed by atoms with van der Waals surface area (Å²) in [6.45, 7) is 5.04. The second kappa shape index (κ2) is 6.34. The molecule has 0 amide bonds. The Bertz CT molecular complexity index is 239. The monoisotopic (exact) mass is 223 g/mol. The van der Waals surface area contributed by atoms with Gasteiger partial charge >= 0.3 is 0 Å². The van der Waals surface area contributed by atoms with E-state index in [1.807, 2.05) is 20.9 Å². The Hall–Kier alpha value is -0.170. The molecule has 14 heavy (non-hydrogen) atoms. The number of unbranched alkanes of at least 4 members (excludes halogenated alkanes) is 1. The maximum Gasteiger partial charge on any atom is 0.277 e. The van der Waals surface area contributed by atoms with Crippen LogP contribution in [0.25, 0.3) is 0 Å². The van der Waals surface area contributed by atoms with Crippen molar-refractivity contribution in [3.05, 3.63) is 0 Å². The van der Waals surface area contributed by atoms with Gasteiger partial charge in [0, 0.05) is 12.6 Å². The van der Waals surface area contributed by atoms with Gasteiger partial charge in [0.25, 0.3) is 10.2 Å². The van der Waals surface area contributed by atoms with Crippen molar-refractivity contribution in [2.45, 2.75) is 32.7 Å². The Morgan fingerprint density at radius 2 is 1.93 bits per heavy atom. The first-order valence-corrected chi connectivity index (χ1v) is 6.34. The standard InChI is InChI=1S/C8H21N3O2S/c1-8(2)11(14(9,12)13)7-5-4-6-10-3/h8,10H,4-7H2,1-3H3,(H2,9,12,13). The molecule has 0 aromatic heterocycles. The molecule has 0 aromatic rings. The van der Waals surface area contributed by atoms with E-state index in [1.165, 1.54) is 4.31 Å². The van der Waals surface area contributed by atoms with Crippen molar-refractivity contribution in [2.75, 3.05) is 20.1 Å². The van der Waals surface area contributed by atoms with Gasteiger partial charge in [0.2, 0.25) is 0 Å². The smallest absolute Gasteiger partial charge is 0.277 e. The van der Waals surface area contributed by atoms with Gasteiger partial charge in [-0.25, -0.2) is 5.14 Å². The molecule has 0 aliphatic carbocycles. The van der Waals surface area contributed by atoms with Crippen LogP contribution in [0.3, 0.4) is 0 Å². The molecule has 0 aliphatic heterocycles. The first kappa shape index (κ1) is 13.8. The van der Waals surface area contributed by atoms with E-state index in [2.05, 4.69) is 5.32 Å². The number of nitrogens with zero attached hydrogens (tertiary/aromatic N) is 1. The third-order valence-corrected chi connectivity index (χ3v) is 3.22. The lowest BCUT2D eigenvalue weighted by Gasteiger charge is -2.23. The van der Waals surface area contributed by atoms with E-state index in [0.717, 1.165) is 19.4 Å². The Labute approximate surface area is 86.8 Å². The highest BCUT2D eigenvalue weighted by molar-refractivity contribution is 7.86.